The van der Waals surface area contributed by atoms with E-state index in [1.54, 1.807) is 38.4 Å². The van der Waals surface area contributed by atoms with Crippen LogP contribution < -0.4 is 16.4 Å². The lowest BCUT2D eigenvalue weighted by Crippen LogP contribution is -2.38. The van der Waals surface area contributed by atoms with Crippen LogP contribution in [0, 0.1) is 5.92 Å². The molecule has 1 unspecified atom stereocenters. The Labute approximate surface area is 124 Å². The number of urea groups is 1. The fraction of sp³-hybridized carbons (Fsp3) is 0.467. The molecule has 1 fully saturated rings. The fourth-order valence-electron chi connectivity index (χ4n) is 1.98. The minimum atomic E-state index is -0.233. The van der Waals surface area contributed by atoms with Gasteiger partial charge in [0.15, 0.2) is 0 Å². The van der Waals surface area contributed by atoms with E-state index in [0.29, 0.717) is 23.7 Å². The fourth-order valence-corrected chi connectivity index (χ4v) is 1.98. The molecule has 1 aromatic carbocycles. The second-order valence-electron chi connectivity index (χ2n) is 5.62. The highest BCUT2D eigenvalue weighted by Crippen LogP contribution is 2.31. The van der Waals surface area contributed by atoms with Gasteiger partial charge in [0.2, 0.25) is 0 Å². The van der Waals surface area contributed by atoms with Gasteiger partial charge in [-0.25, -0.2) is 4.79 Å². The highest BCUT2D eigenvalue weighted by molar-refractivity contribution is 5.96. The lowest BCUT2D eigenvalue weighted by atomic mass is 10.1. The topological polar surface area (TPSA) is 87.5 Å². The molecule has 0 saturated heterocycles. The first kappa shape index (κ1) is 15.3. The molecule has 0 spiro atoms. The van der Waals surface area contributed by atoms with Gasteiger partial charge < -0.3 is 21.3 Å². The zero-order chi connectivity index (χ0) is 15.4. The molecule has 1 aliphatic carbocycles. The van der Waals surface area contributed by atoms with E-state index in [0.717, 1.165) is 12.8 Å². The summed E-state index contributed by atoms with van der Waals surface area (Å²) in [6.45, 7) is 0.484. The lowest BCUT2D eigenvalue weighted by molar-refractivity contribution is 0.0950. The number of hydrogen-bond donors (Lipinski definition) is 3. The molecule has 1 aromatic rings. The molecule has 0 heterocycles. The highest BCUT2D eigenvalue weighted by Gasteiger charge is 2.28. The van der Waals surface area contributed by atoms with Crippen molar-refractivity contribution in [3.05, 3.63) is 29.8 Å². The summed E-state index contributed by atoms with van der Waals surface area (Å²) in [5, 5.41) is 5.55. The van der Waals surface area contributed by atoms with E-state index in [-0.39, 0.29) is 18.0 Å². The number of benzene rings is 1. The zero-order valence-electron chi connectivity index (χ0n) is 12.4. The Morgan fingerprint density at radius 1 is 1.38 bits per heavy atom. The van der Waals surface area contributed by atoms with Crippen LogP contribution in [0.5, 0.6) is 0 Å². The number of nitrogens with two attached hydrogens (primary N) is 1. The molecule has 4 N–H and O–H groups in total. The van der Waals surface area contributed by atoms with Crippen LogP contribution in [0.4, 0.5) is 10.5 Å². The molecule has 2 rings (SSSR count). The average Bonchev–Trinajstić information content (AvgIpc) is 3.29. The number of amides is 3. The first-order chi connectivity index (χ1) is 9.97. The van der Waals surface area contributed by atoms with Crippen LogP contribution in [-0.2, 0) is 0 Å². The maximum Gasteiger partial charge on any atom is 0.321 e. The normalized spacial score (nSPS) is 15.2. The van der Waals surface area contributed by atoms with Gasteiger partial charge in [0, 0.05) is 37.9 Å². The molecular weight excluding hydrogens is 268 g/mol. The van der Waals surface area contributed by atoms with Gasteiger partial charge >= 0.3 is 6.03 Å². The van der Waals surface area contributed by atoms with Gasteiger partial charge in [0.1, 0.15) is 0 Å². The standard InChI is InChI=1S/C15H22N4O2/c1-19(2)15(21)18-12-5-3-4-11(8-12)14(20)17-9-13(16)10-6-7-10/h3-5,8,10,13H,6-7,9,16H2,1-2H3,(H,17,20)(H,18,21). The molecule has 6 heteroatoms. The molecular formula is C15H22N4O2. The molecule has 21 heavy (non-hydrogen) atoms. The molecule has 0 bridgehead atoms. The molecule has 6 nitrogen and oxygen atoms in total. The van der Waals surface area contributed by atoms with Crippen molar-refractivity contribution in [1.82, 2.24) is 10.2 Å². The first-order valence-corrected chi connectivity index (χ1v) is 7.09. The summed E-state index contributed by atoms with van der Waals surface area (Å²) in [4.78, 5) is 25.1. The second-order valence-corrected chi connectivity index (χ2v) is 5.62. The predicted octanol–water partition coefficient (Wildman–Crippen LogP) is 1.25. The third-order valence-electron chi connectivity index (χ3n) is 3.51. The van der Waals surface area contributed by atoms with E-state index < -0.39 is 0 Å². The number of carbonyl (C=O) groups excluding carboxylic acids is 2. The number of carbonyl (C=O) groups is 2. The number of rotatable bonds is 5. The minimum absolute atomic E-state index is 0.0329. The molecule has 1 atom stereocenters. The molecule has 0 aliphatic heterocycles. The molecule has 3 amide bonds. The van der Waals surface area contributed by atoms with Gasteiger partial charge in [-0.1, -0.05) is 6.07 Å². The Morgan fingerprint density at radius 3 is 2.71 bits per heavy atom. The highest BCUT2D eigenvalue weighted by atomic mass is 16.2. The van der Waals surface area contributed by atoms with Crippen LogP contribution in [0.1, 0.15) is 23.2 Å². The van der Waals surface area contributed by atoms with Crippen LogP contribution >= 0.6 is 0 Å². The number of nitrogens with one attached hydrogen (secondary N) is 2. The van der Waals surface area contributed by atoms with E-state index in [2.05, 4.69) is 10.6 Å². The van der Waals surface area contributed by atoms with E-state index in [9.17, 15) is 9.59 Å². The van der Waals surface area contributed by atoms with Gasteiger partial charge in [0.05, 0.1) is 0 Å². The van der Waals surface area contributed by atoms with E-state index >= 15 is 0 Å². The van der Waals surface area contributed by atoms with Crippen molar-refractivity contribution in [2.24, 2.45) is 11.7 Å². The van der Waals surface area contributed by atoms with Gasteiger partial charge in [-0.3, -0.25) is 4.79 Å². The summed E-state index contributed by atoms with van der Waals surface area (Å²) >= 11 is 0. The van der Waals surface area contributed by atoms with Crippen molar-refractivity contribution in [2.45, 2.75) is 18.9 Å². The summed E-state index contributed by atoms with van der Waals surface area (Å²) in [5.41, 5.74) is 7.06. The third kappa shape index (κ3) is 4.46. The van der Waals surface area contributed by atoms with Crippen LogP contribution in [0.25, 0.3) is 0 Å². The summed E-state index contributed by atoms with van der Waals surface area (Å²) in [7, 11) is 3.32. The van der Waals surface area contributed by atoms with Crippen molar-refractivity contribution in [3.8, 4) is 0 Å². The van der Waals surface area contributed by atoms with Gasteiger partial charge in [-0.2, -0.15) is 0 Å². The molecule has 0 aromatic heterocycles. The first-order valence-electron chi connectivity index (χ1n) is 7.09. The van der Waals surface area contributed by atoms with Crippen LogP contribution in [0.15, 0.2) is 24.3 Å². The van der Waals surface area contributed by atoms with Gasteiger partial charge in [-0.05, 0) is 37.0 Å². The number of nitrogens with zero attached hydrogens (tertiary/aromatic N) is 1. The predicted molar refractivity (Wildman–Crippen MR) is 82.2 cm³/mol. The quantitative estimate of drug-likeness (QED) is 0.762. The maximum absolute atomic E-state index is 12.1. The number of hydrogen-bond acceptors (Lipinski definition) is 3. The summed E-state index contributed by atoms with van der Waals surface area (Å²) in [6.07, 6.45) is 2.31. The van der Waals surface area contributed by atoms with E-state index in [1.165, 1.54) is 4.90 Å². The molecule has 1 aliphatic rings. The van der Waals surface area contributed by atoms with E-state index in [1.807, 2.05) is 0 Å². The van der Waals surface area contributed by atoms with Crippen LogP contribution in [0.2, 0.25) is 0 Å². The minimum Gasteiger partial charge on any atom is -0.350 e. The second kappa shape index (κ2) is 6.58. The van der Waals surface area contributed by atoms with Gasteiger partial charge in [-0.15, -0.1) is 0 Å². The largest absolute Gasteiger partial charge is 0.350 e. The summed E-state index contributed by atoms with van der Waals surface area (Å²) in [5.74, 6) is 0.378. The smallest absolute Gasteiger partial charge is 0.321 e. The van der Waals surface area contributed by atoms with Crippen molar-refractivity contribution in [2.75, 3.05) is 26.0 Å². The Kier molecular flexibility index (Phi) is 4.80. The van der Waals surface area contributed by atoms with E-state index in [4.69, 9.17) is 5.73 Å². The SMILES string of the molecule is CN(C)C(=O)Nc1cccc(C(=O)NCC(N)C2CC2)c1. The maximum atomic E-state index is 12.1. The third-order valence-corrected chi connectivity index (χ3v) is 3.51. The zero-order valence-corrected chi connectivity index (χ0v) is 12.4. The van der Waals surface area contributed by atoms with Crippen molar-refractivity contribution in [3.63, 3.8) is 0 Å². The van der Waals surface area contributed by atoms with Crippen molar-refractivity contribution < 1.29 is 9.59 Å². The summed E-state index contributed by atoms with van der Waals surface area (Å²) < 4.78 is 0. The van der Waals surface area contributed by atoms with Crippen LogP contribution in [0.3, 0.4) is 0 Å². The Morgan fingerprint density at radius 2 is 2.10 bits per heavy atom. The van der Waals surface area contributed by atoms with Crippen molar-refractivity contribution in [1.29, 1.82) is 0 Å². The molecule has 1 saturated carbocycles. The Balaban J connectivity index is 1.92. The van der Waals surface area contributed by atoms with Crippen molar-refractivity contribution >= 4 is 17.6 Å². The Hall–Kier alpha value is -2.08. The molecule has 114 valence electrons. The number of anilines is 1. The average molecular weight is 290 g/mol. The Bertz CT molecular complexity index is 526. The van der Waals surface area contributed by atoms with Gasteiger partial charge in [0.25, 0.3) is 5.91 Å². The molecule has 0 radical (unpaired) electrons. The monoisotopic (exact) mass is 290 g/mol. The summed E-state index contributed by atoms with van der Waals surface area (Å²) in [6, 6.07) is 6.64. The lowest BCUT2D eigenvalue weighted by Gasteiger charge is -2.14. The van der Waals surface area contributed by atoms with Crippen LogP contribution in [-0.4, -0.2) is 43.5 Å².